The van der Waals surface area contributed by atoms with Gasteiger partial charge in [-0.15, -0.1) is 0 Å². The van der Waals surface area contributed by atoms with Gasteiger partial charge in [-0.3, -0.25) is 4.79 Å². The molecule has 1 N–H and O–H groups in total. The van der Waals surface area contributed by atoms with E-state index in [1.165, 1.54) is 6.26 Å². The minimum Gasteiger partial charge on any atom is -0.325 e. The van der Waals surface area contributed by atoms with Crippen LogP contribution in [0.5, 0.6) is 0 Å². The molecule has 0 radical (unpaired) electrons. The first-order valence-electron chi connectivity index (χ1n) is 5.20. The Morgan fingerprint density at radius 2 is 2.17 bits per heavy atom. The molecule has 18 heavy (non-hydrogen) atoms. The second-order valence-corrected chi connectivity index (χ2v) is 8.01. The molecule has 0 aromatic heterocycles. The van der Waals surface area contributed by atoms with Crippen molar-refractivity contribution < 1.29 is 13.2 Å². The molecule has 0 bridgehead atoms. The standard InChI is InChI=1S/C11H11BrClNO3S/c1-18(16,17)5-8(12)7-2-6-3-11(15)14-10(6)4-9(7)13/h2,4,8H,3,5H2,1H3,(H,14,15). The number of benzene rings is 1. The molecule has 7 heteroatoms. The maximum atomic E-state index is 11.3. The van der Waals surface area contributed by atoms with Crippen LogP contribution in [0.25, 0.3) is 0 Å². The van der Waals surface area contributed by atoms with Crippen LogP contribution < -0.4 is 5.32 Å². The van der Waals surface area contributed by atoms with Crippen molar-refractivity contribution in [3.05, 3.63) is 28.3 Å². The van der Waals surface area contributed by atoms with Gasteiger partial charge in [0.2, 0.25) is 5.91 Å². The summed E-state index contributed by atoms with van der Waals surface area (Å²) in [7, 11) is -3.10. The van der Waals surface area contributed by atoms with Crippen LogP contribution in [0.15, 0.2) is 12.1 Å². The van der Waals surface area contributed by atoms with Crippen molar-refractivity contribution in [3.63, 3.8) is 0 Å². The average molecular weight is 353 g/mol. The number of halogens is 2. The Kier molecular flexibility index (Phi) is 3.71. The first-order valence-corrected chi connectivity index (χ1v) is 8.55. The third kappa shape index (κ3) is 3.05. The second kappa shape index (κ2) is 4.83. The normalized spacial score (nSPS) is 16.3. The SMILES string of the molecule is CS(=O)(=O)CC(Br)c1cc2c(cc1Cl)NC(=O)C2. The molecular weight excluding hydrogens is 342 g/mol. The van der Waals surface area contributed by atoms with Gasteiger partial charge < -0.3 is 5.32 Å². The number of carbonyl (C=O) groups excluding carboxylic acids is 1. The number of alkyl halides is 1. The summed E-state index contributed by atoms with van der Waals surface area (Å²) in [4.78, 5) is 10.9. The molecule has 0 saturated heterocycles. The molecule has 1 aliphatic heterocycles. The van der Waals surface area contributed by atoms with E-state index in [4.69, 9.17) is 11.6 Å². The van der Waals surface area contributed by atoms with E-state index in [0.29, 0.717) is 22.7 Å². The molecule has 98 valence electrons. The molecule has 0 spiro atoms. The summed E-state index contributed by atoms with van der Waals surface area (Å²) in [5.41, 5.74) is 2.24. The van der Waals surface area contributed by atoms with Gasteiger partial charge in [-0.1, -0.05) is 33.6 Å². The van der Waals surface area contributed by atoms with E-state index in [1.807, 2.05) is 0 Å². The van der Waals surface area contributed by atoms with E-state index >= 15 is 0 Å². The Morgan fingerprint density at radius 3 is 2.78 bits per heavy atom. The molecule has 0 saturated carbocycles. The number of hydrogen-bond acceptors (Lipinski definition) is 3. The van der Waals surface area contributed by atoms with Gasteiger partial charge in [-0.2, -0.15) is 0 Å². The van der Waals surface area contributed by atoms with Gasteiger partial charge in [0.25, 0.3) is 0 Å². The van der Waals surface area contributed by atoms with Crippen molar-refractivity contribution in [2.24, 2.45) is 0 Å². The molecule has 2 rings (SSSR count). The number of anilines is 1. The van der Waals surface area contributed by atoms with Crippen LogP contribution >= 0.6 is 27.5 Å². The van der Waals surface area contributed by atoms with Crippen LogP contribution in [0.2, 0.25) is 5.02 Å². The van der Waals surface area contributed by atoms with Crippen molar-refractivity contribution >= 4 is 49.0 Å². The maximum absolute atomic E-state index is 11.3. The molecule has 0 aliphatic carbocycles. The van der Waals surface area contributed by atoms with Gasteiger partial charge in [0.1, 0.15) is 9.84 Å². The number of fused-ring (bicyclic) bond motifs is 1. The minimum absolute atomic E-state index is 0.0348. The number of rotatable bonds is 3. The van der Waals surface area contributed by atoms with E-state index in [-0.39, 0.29) is 16.5 Å². The highest BCUT2D eigenvalue weighted by molar-refractivity contribution is 9.09. The lowest BCUT2D eigenvalue weighted by Gasteiger charge is -2.12. The first kappa shape index (κ1) is 13.8. The van der Waals surface area contributed by atoms with Crippen LogP contribution in [0, 0.1) is 0 Å². The van der Waals surface area contributed by atoms with E-state index in [0.717, 1.165) is 5.56 Å². The molecule has 1 atom stereocenters. The second-order valence-electron chi connectivity index (χ2n) is 4.32. The summed E-state index contributed by atoms with van der Waals surface area (Å²) >= 11 is 9.43. The Bertz CT molecular complexity index is 615. The zero-order valence-electron chi connectivity index (χ0n) is 9.54. The van der Waals surface area contributed by atoms with E-state index in [1.54, 1.807) is 12.1 Å². The number of carbonyl (C=O) groups is 1. The third-order valence-electron chi connectivity index (χ3n) is 2.63. The molecule has 1 aromatic rings. The summed E-state index contributed by atoms with van der Waals surface area (Å²) in [6.45, 7) is 0. The molecule has 1 heterocycles. The lowest BCUT2D eigenvalue weighted by molar-refractivity contribution is -0.115. The van der Waals surface area contributed by atoms with E-state index in [9.17, 15) is 13.2 Å². The van der Waals surface area contributed by atoms with Crippen LogP contribution in [-0.2, 0) is 21.1 Å². The van der Waals surface area contributed by atoms with E-state index < -0.39 is 9.84 Å². The van der Waals surface area contributed by atoms with E-state index in [2.05, 4.69) is 21.2 Å². The maximum Gasteiger partial charge on any atom is 0.228 e. The Balaban J connectivity index is 2.35. The zero-order valence-corrected chi connectivity index (χ0v) is 12.7. The van der Waals surface area contributed by atoms with Crippen LogP contribution in [0.4, 0.5) is 5.69 Å². The molecule has 4 nitrogen and oxygen atoms in total. The first-order chi connectivity index (χ1) is 8.26. The molecule has 1 amide bonds. The van der Waals surface area contributed by atoms with Gasteiger partial charge in [0.05, 0.1) is 17.0 Å². The number of amides is 1. The van der Waals surface area contributed by atoms with Crippen LogP contribution in [-0.4, -0.2) is 26.3 Å². The number of sulfone groups is 1. The summed E-state index contributed by atoms with van der Waals surface area (Å²) in [6, 6.07) is 3.44. The monoisotopic (exact) mass is 351 g/mol. The van der Waals surface area contributed by atoms with Crippen molar-refractivity contribution in [2.75, 3.05) is 17.3 Å². The lowest BCUT2D eigenvalue weighted by Crippen LogP contribution is -2.09. The van der Waals surface area contributed by atoms with Gasteiger partial charge in [0, 0.05) is 17.0 Å². The summed E-state index contributed by atoms with van der Waals surface area (Å²) in [5, 5.41) is 3.14. The highest BCUT2D eigenvalue weighted by Gasteiger charge is 2.23. The summed E-state index contributed by atoms with van der Waals surface area (Å²) < 4.78 is 22.5. The molecule has 1 aliphatic rings. The van der Waals surface area contributed by atoms with Gasteiger partial charge >= 0.3 is 0 Å². The summed E-state index contributed by atoms with van der Waals surface area (Å²) in [6.07, 6.45) is 1.48. The lowest BCUT2D eigenvalue weighted by atomic mass is 10.1. The van der Waals surface area contributed by atoms with Crippen LogP contribution in [0.3, 0.4) is 0 Å². The predicted molar refractivity (Wildman–Crippen MR) is 75.2 cm³/mol. The van der Waals surface area contributed by atoms with Crippen molar-refractivity contribution in [2.45, 2.75) is 11.2 Å². The summed E-state index contributed by atoms with van der Waals surface area (Å²) in [5.74, 6) is -0.111. The van der Waals surface area contributed by atoms with Gasteiger partial charge in [-0.25, -0.2) is 8.42 Å². The molecular formula is C11H11BrClNO3S. The molecule has 1 unspecified atom stereocenters. The Labute approximate surface area is 119 Å². The largest absolute Gasteiger partial charge is 0.325 e. The topological polar surface area (TPSA) is 63.2 Å². The van der Waals surface area contributed by atoms with Crippen LogP contribution in [0.1, 0.15) is 16.0 Å². The quantitative estimate of drug-likeness (QED) is 0.849. The fraction of sp³-hybridized carbons (Fsp3) is 0.364. The van der Waals surface area contributed by atoms with Crippen molar-refractivity contribution in [1.29, 1.82) is 0 Å². The Morgan fingerprint density at radius 1 is 1.50 bits per heavy atom. The zero-order chi connectivity index (χ0) is 13.5. The number of nitrogens with one attached hydrogen (secondary N) is 1. The van der Waals surface area contributed by atoms with Gasteiger partial charge in [0.15, 0.2) is 0 Å². The van der Waals surface area contributed by atoms with Gasteiger partial charge in [-0.05, 0) is 17.2 Å². The van der Waals surface area contributed by atoms with Crippen molar-refractivity contribution in [3.8, 4) is 0 Å². The fourth-order valence-corrected chi connectivity index (χ4v) is 4.82. The smallest absolute Gasteiger partial charge is 0.228 e. The molecule has 1 aromatic carbocycles. The Hall–Kier alpha value is -0.590. The highest BCUT2D eigenvalue weighted by atomic mass is 79.9. The predicted octanol–water partition coefficient (Wildman–Crippen LogP) is 2.32. The highest BCUT2D eigenvalue weighted by Crippen LogP contribution is 2.36. The van der Waals surface area contributed by atoms with Crippen molar-refractivity contribution in [1.82, 2.24) is 0 Å². The fourth-order valence-electron chi connectivity index (χ4n) is 1.86. The average Bonchev–Trinajstić information content (AvgIpc) is 2.53. The number of hydrogen-bond donors (Lipinski definition) is 1. The molecule has 0 fully saturated rings. The third-order valence-corrected chi connectivity index (χ3v) is 5.15. The minimum atomic E-state index is -3.10.